The van der Waals surface area contributed by atoms with Gasteiger partial charge in [0.05, 0.1) is 0 Å². The minimum Gasteiger partial charge on any atom is -0.312 e. The third kappa shape index (κ3) is 4.19. The van der Waals surface area contributed by atoms with E-state index in [0.717, 1.165) is 33.7 Å². The summed E-state index contributed by atoms with van der Waals surface area (Å²) in [5, 5.41) is 16.4. The Balaban J connectivity index is 2.13. The first-order chi connectivity index (χ1) is 9.56. The molecule has 0 aliphatic heterocycles. The first-order valence-electron chi connectivity index (χ1n) is 6.45. The summed E-state index contributed by atoms with van der Waals surface area (Å²) in [7, 11) is 1.83. The molecule has 1 N–H and O–H groups in total. The van der Waals surface area contributed by atoms with Crippen molar-refractivity contribution >= 4 is 23.4 Å². The molecule has 0 fully saturated rings. The number of tetrazole rings is 1. The third-order valence-electron chi connectivity index (χ3n) is 2.67. The highest BCUT2D eigenvalue weighted by atomic mass is 35.5. The average Bonchev–Trinajstić information content (AvgIpc) is 2.78. The minimum absolute atomic E-state index is 0.619. The van der Waals surface area contributed by atoms with Gasteiger partial charge in [0, 0.05) is 23.5 Å². The third-order valence-corrected chi connectivity index (χ3v) is 4.05. The van der Waals surface area contributed by atoms with Gasteiger partial charge in [-0.25, -0.2) is 4.68 Å². The van der Waals surface area contributed by atoms with Crippen LogP contribution in [0.2, 0.25) is 5.02 Å². The van der Waals surface area contributed by atoms with Crippen molar-refractivity contribution in [3.05, 3.63) is 28.8 Å². The minimum atomic E-state index is 0.619. The van der Waals surface area contributed by atoms with Gasteiger partial charge >= 0.3 is 0 Å². The Hall–Kier alpha value is -1.11. The highest BCUT2D eigenvalue weighted by Gasteiger charge is 2.10. The molecule has 0 aliphatic carbocycles. The Morgan fingerprint density at radius 1 is 1.40 bits per heavy atom. The number of halogens is 1. The Labute approximate surface area is 128 Å². The number of hydrogen-bond donors (Lipinski definition) is 1. The molecule has 0 amide bonds. The van der Waals surface area contributed by atoms with Crippen molar-refractivity contribution in [3.8, 4) is 0 Å². The topological polar surface area (TPSA) is 55.6 Å². The first-order valence-corrected chi connectivity index (χ1v) is 7.65. The molecule has 108 valence electrons. The molecule has 0 unspecified atom stereocenters. The summed E-state index contributed by atoms with van der Waals surface area (Å²) in [6.07, 6.45) is 0. The van der Waals surface area contributed by atoms with Crippen LogP contribution in [0.15, 0.2) is 28.3 Å². The second-order valence-corrected chi connectivity index (χ2v) is 6.41. The Morgan fingerprint density at radius 2 is 2.20 bits per heavy atom. The molecule has 0 saturated carbocycles. The lowest BCUT2D eigenvalue weighted by atomic mass is 10.2. The van der Waals surface area contributed by atoms with Crippen LogP contribution in [-0.4, -0.2) is 26.8 Å². The van der Waals surface area contributed by atoms with Crippen molar-refractivity contribution in [2.75, 3.05) is 6.54 Å². The summed E-state index contributed by atoms with van der Waals surface area (Å²) in [4.78, 5) is 1.11. The van der Waals surface area contributed by atoms with E-state index in [0.29, 0.717) is 5.92 Å². The lowest BCUT2D eigenvalue weighted by Gasteiger charge is -2.11. The molecule has 7 heteroatoms. The van der Waals surface area contributed by atoms with E-state index in [1.54, 1.807) is 16.4 Å². The second-order valence-electron chi connectivity index (χ2n) is 4.96. The van der Waals surface area contributed by atoms with Crippen LogP contribution in [-0.2, 0) is 13.6 Å². The monoisotopic (exact) mass is 311 g/mol. The van der Waals surface area contributed by atoms with E-state index in [-0.39, 0.29) is 0 Å². The largest absolute Gasteiger partial charge is 0.312 e. The number of aromatic nitrogens is 4. The molecular formula is C13H18ClN5S. The fraction of sp³-hybridized carbons (Fsp3) is 0.462. The van der Waals surface area contributed by atoms with Gasteiger partial charge in [0.15, 0.2) is 0 Å². The van der Waals surface area contributed by atoms with Gasteiger partial charge in [-0.05, 0) is 58.4 Å². The van der Waals surface area contributed by atoms with E-state index in [4.69, 9.17) is 11.6 Å². The second kappa shape index (κ2) is 7.06. The predicted octanol–water partition coefficient (Wildman–Crippen LogP) is 2.76. The van der Waals surface area contributed by atoms with E-state index in [2.05, 4.69) is 34.7 Å². The lowest BCUT2D eigenvalue weighted by molar-refractivity contribution is 0.550. The molecule has 5 nitrogen and oxygen atoms in total. The van der Waals surface area contributed by atoms with Crippen LogP contribution in [0.4, 0.5) is 0 Å². The summed E-state index contributed by atoms with van der Waals surface area (Å²) >= 11 is 7.63. The molecule has 0 atom stereocenters. The standard InChI is InChI=1S/C13H18ClN5S/c1-9(2)7-15-8-10-6-11(14)4-5-12(10)20-13-16-17-18-19(13)3/h4-6,9,15H,7-8H2,1-3H3. The highest BCUT2D eigenvalue weighted by molar-refractivity contribution is 7.99. The maximum atomic E-state index is 6.09. The Morgan fingerprint density at radius 3 is 2.85 bits per heavy atom. The number of nitrogens with zero attached hydrogens (tertiary/aromatic N) is 4. The molecule has 0 saturated heterocycles. The SMILES string of the molecule is CC(C)CNCc1cc(Cl)ccc1Sc1nnnn1C. The molecular weight excluding hydrogens is 294 g/mol. The summed E-state index contributed by atoms with van der Waals surface area (Å²) < 4.78 is 1.66. The van der Waals surface area contributed by atoms with Crippen LogP contribution >= 0.6 is 23.4 Å². The van der Waals surface area contributed by atoms with E-state index in [1.165, 1.54) is 0 Å². The van der Waals surface area contributed by atoms with Gasteiger partial charge in [0.25, 0.3) is 0 Å². The normalized spacial score (nSPS) is 11.2. The van der Waals surface area contributed by atoms with Crippen LogP contribution in [0.25, 0.3) is 0 Å². The zero-order valence-electron chi connectivity index (χ0n) is 11.8. The smallest absolute Gasteiger partial charge is 0.213 e. The van der Waals surface area contributed by atoms with Gasteiger partial charge in [0.2, 0.25) is 5.16 Å². The molecule has 1 heterocycles. The molecule has 1 aromatic carbocycles. The van der Waals surface area contributed by atoms with Gasteiger partial charge in [-0.3, -0.25) is 0 Å². The average molecular weight is 312 g/mol. The fourth-order valence-corrected chi connectivity index (χ4v) is 2.72. The Bertz CT molecular complexity index is 570. The zero-order chi connectivity index (χ0) is 14.5. The molecule has 2 aromatic rings. The van der Waals surface area contributed by atoms with Gasteiger partial charge in [-0.1, -0.05) is 25.4 Å². The molecule has 20 heavy (non-hydrogen) atoms. The summed E-state index contributed by atoms with van der Waals surface area (Å²) in [6.45, 7) is 6.13. The van der Waals surface area contributed by atoms with E-state index >= 15 is 0 Å². The van der Waals surface area contributed by atoms with Crippen LogP contribution in [0.3, 0.4) is 0 Å². The quantitative estimate of drug-likeness (QED) is 0.889. The van der Waals surface area contributed by atoms with Crippen molar-refractivity contribution in [3.63, 3.8) is 0 Å². The lowest BCUT2D eigenvalue weighted by Crippen LogP contribution is -2.19. The maximum Gasteiger partial charge on any atom is 0.213 e. The Kier molecular flexibility index (Phi) is 5.39. The first kappa shape index (κ1) is 15.3. The maximum absolute atomic E-state index is 6.09. The van der Waals surface area contributed by atoms with Crippen LogP contribution in [0.1, 0.15) is 19.4 Å². The van der Waals surface area contributed by atoms with Gasteiger partial charge in [0.1, 0.15) is 0 Å². The van der Waals surface area contributed by atoms with E-state index < -0.39 is 0 Å². The molecule has 0 aliphatic rings. The zero-order valence-corrected chi connectivity index (χ0v) is 13.4. The predicted molar refractivity (Wildman–Crippen MR) is 80.9 cm³/mol. The number of nitrogens with one attached hydrogen (secondary N) is 1. The van der Waals surface area contributed by atoms with Crippen LogP contribution in [0, 0.1) is 5.92 Å². The molecule has 0 radical (unpaired) electrons. The van der Waals surface area contributed by atoms with E-state index in [1.807, 2.05) is 25.2 Å². The molecule has 0 spiro atoms. The van der Waals surface area contributed by atoms with Crippen molar-refractivity contribution in [1.29, 1.82) is 0 Å². The number of rotatable bonds is 6. The van der Waals surface area contributed by atoms with Crippen LogP contribution in [0.5, 0.6) is 0 Å². The molecule has 2 rings (SSSR count). The van der Waals surface area contributed by atoms with Gasteiger partial charge in [-0.2, -0.15) is 0 Å². The summed E-state index contributed by atoms with van der Waals surface area (Å²) in [5.74, 6) is 0.619. The van der Waals surface area contributed by atoms with Gasteiger partial charge < -0.3 is 5.32 Å². The summed E-state index contributed by atoms with van der Waals surface area (Å²) in [6, 6.07) is 5.88. The highest BCUT2D eigenvalue weighted by Crippen LogP contribution is 2.30. The van der Waals surface area contributed by atoms with Crippen molar-refractivity contribution in [2.45, 2.75) is 30.4 Å². The molecule has 1 aromatic heterocycles. The van der Waals surface area contributed by atoms with Crippen molar-refractivity contribution < 1.29 is 0 Å². The van der Waals surface area contributed by atoms with Crippen molar-refractivity contribution in [1.82, 2.24) is 25.5 Å². The number of hydrogen-bond acceptors (Lipinski definition) is 5. The summed E-state index contributed by atoms with van der Waals surface area (Å²) in [5.41, 5.74) is 1.16. The van der Waals surface area contributed by atoms with Crippen LogP contribution < -0.4 is 5.32 Å². The van der Waals surface area contributed by atoms with Crippen molar-refractivity contribution in [2.24, 2.45) is 13.0 Å². The fourth-order valence-electron chi connectivity index (χ4n) is 1.69. The number of benzene rings is 1. The van der Waals surface area contributed by atoms with Gasteiger partial charge in [-0.15, -0.1) is 5.10 Å². The number of aryl methyl sites for hydroxylation is 1. The molecule has 0 bridgehead atoms. The van der Waals surface area contributed by atoms with E-state index in [9.17, 15) is 0 Å².